The number of carbonyl (C=O) groups excluding carboxylic acids is 2. The number of hydrogen-bond acceptors (Lipinski definition) is 6. The Bertz CT molecular complexity index is 932. The van der Waals surface area contributed by atoms with Crippen LogP contribution in [-0.4, -0.2) is 33.8 Å². The summed E-state index contributed by atoms with van der Waals surface area (Å²) in [6.07, 6.45) is 1.80. The van der Waals surface area contributed by atoms with Crippen molar-refractivity contribution in [2.24, 2.45) is 0 Å². The van der Waals surface area contributed by atoms with Crippen molar-refractivity contribution in [3.05, 3.63) is 71.2 Å². The summed E-state index contributed by atoms with van der Waals surface area (Å²) in [5.41, 5.74) is 1.96. The average Bonchev–Trinajstić information content (AvgIpc) is 3.22. The molecule has 0 aliphatic rings. The van der Waals surface area contributed by atoms with E-state index in [1.54, 1.807) is 12.1 Å². The summed E-state index contributed by atoms with van der Waals surface area (Å²) < 4.78 is 0.593. The molecule has 1 aromatic heterocycles. The fraction of sp³-hybridized carbons (Fsp3) is 0.238. The van der Waals surface area contributed by atoms with Gasteiger partial charge in [0.05, 0.1) is 5.75 Å². The minimum absolute atomic E-state index is 0.0546. The number of aryl methyl sites for hydroxylation is 1. The molecule has 0 unspecified atom stereocenters. The Labute approximate surface area is 178 Å². The van der Waals surface area contributed by atoms with Crippen molar-refractivity contribution in [1.82, 2.24) is 15.5 Å². The van der Waals surface area contributed by atoms with Crippen LogP contribution in [0.25, 0.3) is 0 Å². The topological polar surface area (TPSA) is 84.0 Å². The summed E-state index contributed by atoms with van der Waals surface area (Å²) in [6, 6.07) is 19.5. The van der Waals surface area contributed by atoms with Gasteiger partial charge in [-0.3, -0.25) is 9.59 Å². The van der Waals surface area contributed by atoms with Gasteiger partial charge in [-0.25, -0.2) is 0 Å². The van der Waals surface area contributed by atoms with E-state index in [2.05, 4.69) is 33.0 Å². The van der Waals surface area contributed by atoms with Crippen molar-refractivity contribution >= 4 is 40.6 Å². The lowest BCUT2D eigenvalue weighted by Gasteiger charge is -2.13. The number of nitrogens with zero attached hydrogens (tertiary/aromatic N) is 2. The third-order valence-electron chi connectivity index (χ3n) is 4.08. The van der Waals surface area contributed by atoms with Gasteiger partial charge in [0.25, 0.3) is 5.91 Å². The molecule has 1 atom stereocenters. The molecular weight excluding hydrogens is 404 g/mol. The number of benzene rings is 2. The number of thioether (sulfide) groups is 1. The third kappa shape index (κ3) is 6.99. The van der Waals surface area contributed by atoms with Gasteiger partial charge >= 0.3 is 0 Å². The van der Waals surface area contributed by atoms with Gasteiger partial charge in [0.2, 0.25) is 10.9 Å². The largest absolute Gasteiger partial charge is 0.353 e. The van der Waals surface area contributed by atoms with Gasteiger partial charge in [0.15, 0.2) is 4.34 Å². The highest BCUT2D eigenvalue weighted by Crippen LogP contribution is 2.23. The van der Waals surface area contributed by atoms with Crippen molar-refractivity contribution in [1.29, 1.82) is 0 Å². The lowest BCUT2D eigenvalue weighted by molar-refractivity contribution is -0.119. The Morgan fingerprint density at radius 1 is 1.03 bits per heavy atom. The fourth-order valence-corrected chi connectivity index (χ4v) is 4.17. The van der Waals surface area contributed by atoms with Crippen molar-refractivity contribution in [2.45, 2.75) is 30.1 Å². The Hall–Kier alpha value is -2.71. The van der Waals surface area contributed by atoms with E-state index in [4.69, 9.17) is 0 Å². The molecule has 8 heteroatoms. The number of rotatable bonds is 9. The number of para-hydroxylation sites is 1. The highest BCUT2D eigenvalue weighted by atomic mass is 32.2. The quantitative estimate of drug-likeness (QED) is 0.505. The Morgan fingerprint density at radius 3 is 2.45 bits per heavy atom. The molecule has 2 amide bonds. The van der Waals surface area contributed by atoms with Crippen LogP contribution in [-0.2, 0) is 11.2 Å². The first-order valence-electron chi connectivity index (χ1n) is 9.26. The second kappa shape index (κ2) is 10.7. The molecule has 3 rings (SSSR count). The van der Waals surface area contributed by atoms with E-state index in [1.165, 1.54) is 28.7 Å². The van der Waals surface area contributed by atoms with E-state index >= 15 is 0 Å². The second-order valence-electron chi connectivity index (χ2n) is 6.47. The maximum Gasteiger partial charge on any atom is 0.286 e. The normalized spacial score (nSPS) is 11.6. The van der Waals surface area contributed by atoms with Crippen molar-refractivity contribution in [3.8, 4) is 0 Å². The van der Waals surface area contributed by atoms with E-state index in [0.29, 0.717) is 10.0 Å². The summed E-state index contributed by atoms with van der Waals surface area (Å²) in [5.74, 6) is -0.120. The molecule has 0 aliphatic carbocycles. The smallest absolute Gasteiger partial charge is 0.286 e. The lowest BCUT2D eigenvalue weighted by atomic mass is 10.1. The summed E-state index contributed by atoms with van der Waals surface area (Å²) in [5, 5.41) is 14.0. The molecular formula is C21H22N4O2S2. The van der Waals surface area contributed by atoms with Crippen LogP contribution in [0.15, 0.2) is 65.0 Å². The maximum atomic E-state index is 12.2. The van der Waals surface area contributed by atoms with Gasteiger partial charge in [-0.15, -0.1) is 10.2 Å². The second-order valence-corrected chi connectivity index (χ2v) is 8.67. The number of aromatic nitrogens is 2. The van der Waals surface area contributed by atoms with E-state index in [0.717, 1.165) is 12.8 Å². The molecule has 29 heavy (non-hydrogen) atoms. The van der Waals surface area contributed by atoms with E-state index in [9.17, 15) is 9.59 Å². The number of hydrogen-bond donors (Lipinski definition) is 2. The molecule has 6 nitrogen and oxygen atoms in total. The van der Waals surface area contributed by atoms with Crippen molar-refractivity contribution in [3.63, 3.8) is 0 Å². The molecule has 0 bridgehead atoms. The molecule has 0 spiro atoms. The van der Waals surface area contributed by atoms with Gasteiger partial charge in [-0.05, 0) is 37.5 Å². The molecule has 2 N–H and O–H groups in total. The van der Waals surface area contributed by atoms with Crippen LogP contribution in [0.1, 0.15) is 28.7 Å². The van der Waals surface area contributed by atoms with Crippen molar-refractivity contribution < 1.29 is 9.59 Å². The number of anilines is 1. The highest BCUT2D eigenvalue weighted by Gasteiger charge is 2.15. The predicted molar refractivity (Wildman–Crippen MR) is 117 cm³/mol. The van der Waals surface area contributed by atoms with Gasteiger partial charge in [-0.1, -0.05) is 71.6 Å². The Morgan fingerprint density at radius 2 is 1.72 bits per heavy atom. The third-order valence-corrected chi connectivity index (χ3v) is 6.13. The highest BCUT2D eigenvalue weighted by molar-refractivity contribution is 8.01. The van der Waals surface area contributed by atoms with Crippen LogP contribution in [0.5, 0.6) is 0 Å². The molecule has 0 fully saturated rings. The minimum atomic E-state index is -0.306. The van der Waals surface area contributed by atoms with Crippen LogP contribution in [0, 0.1) is 0 Å². The van der Waals surface area contributed by atoms with Crippen LogP contribution in [0.3, 0.4) is 0 Å². The lowest BCUT2D eigenvalue weighted by Crippen LogP contribution is -2.34. The first-order chi connectivity index (χ1) is 14.1. The summed E-state index contributed by atoms with van der Waals surface area (Å²) in [4.78, 5) is 24.4. The fourth-order valence-electron chi connectivity index (χ4n) is 2.61. The molecule has 0 saturated heterocycles. The van der Waals surface area contributed by atoms with E-state index in [1.807, 2.05) is 43.3 Å². The first kappa shape index (κ1) is 21.0. The van der Waals surface area contributed by atoms with Gasteiger partial charge < -0.3 is 10.6 Å². The van der Waals surface area contributed by atoms with Gasteiger partial charge in [-0.2, -0.15) is 0 Å². The SMILES string of the molecule is C[C@H](CCc1ccccc1)NC(=O)CSc1nnc(C(=O)Nc2ccccc2)s1. The molecule has 3 aromatic rings. The summed E-state index contributed by atoms with van der Waals surface area (Å²) in [7, 11) is 0. The standard InChI is InChI=1S/C21H22N4O2S2/c1-15(12-13-16-8-4-2-5-9-16)22-18(26)14-28-21-25-24-20(29-21)19(27)23-17-10-6-3-7-11-17/h2-11,15H,12-14H2,1H3,(H,22,26)(H,23,27)/t15-/m1/s1. The molecule has 0 aliphatic heterocycles. The van der Waals surface area contributed by atoms with E-state index < -0.39 is 0 Å². The predicted octanol–water partition coefficient (Wildman–Crippen LogP) is 4.02. The Kier molecular flexibility index (Phi) is 7.77. The van der Waals surface area contributed by atoms with Crippen molar-refractivity contribution in [2.75, 3.05) is 11.1 Å². The first-order valence-corrected chi connectivity index (χ1v) is 11.1. The van der Waals surface area contributed by atoms with E-state index in [-0.39, 0.29) is 28.6 Å². The monoisotopic (exact) mass is 426 g/mol. The molecule has 2 aromatic carbocycles. The summed E-state index contributed by atoms with van der Waals surface area (Å²) >= 11 is 2.46. The van der Waals surface area contributed by atoms with Crippen LogP contribution >= 0.6 is 23.1 Å². The number of amides is 2. The average molecular weight is 427 g/mol. The zero-order valence-electron chi connectivity index (χ0n) is 16.0. The van der Waals surface area contributed by atoms with Crippen LogP contribution in [0.4, 0.5) is 5.69 Å². The zero-order valence-corrected chi connectivity index (χ0v) is 17.6. The molecule has 0 radical (unpaired) electrons. The molecule has 150 valence electrons. The zero-order chi connectivity index (χ0) is 20.5. The minimum Gasteiger partial charge on any atom is -0.353 e. The van der Waals surface area contributed by atoms with Crippen LogP contribution < -0.4 is 10.6 Å². The Balaban J connectivity index is 1.40. The molecule has 1 heterocycles. The number of carbonyl (C=O) groups is 2. The van der Waals surface area contributed by atoms with Gasteiger partial charge in [0.1, 0.15) is 0 Å². The van der Waals surface area contributed by atoms with Gasteiger partial charge in [0, 0.05) is 11.7 Å². The number of nitrogens with one attached hydrogen (secondary N) is 2. The van der Waals surface area contributed by atoms with Crippen LogP contribution in [0.2, 0.25) is 0 Å². The molecule has 0 saturated carbocycles. The summed E-state index contributed by atoms with van der Waals surface area (Å²) in [6.45, 7) is 2.00. The maximum absolute atomic E-state index is 12.2.